The normalized spacial score (nSPS) is 15.8. The Balaban J connectivity index is 1.68. The molecule has 1 aliphatic heterocycles. The second kappa shape index (κ2) is 8.00. The second-order valence-corrected chi connectivity index (χ2v) is 6.56. The van der Waals surface area contributed by atoms with Gasteiger partial charge in [-0.2, -0.15) is 0 Å². The molecule has 1 aliphatic rings. The van der Waals surface area contributed by atoms with E-state index in [-0.39, 0.29) is 11.9 Å². The lowest BCUT2D eigenvalue weighted by molar-refractivity contribution is -0.121. The zero-order chi connectivity index (χ0) is 16.8. The summed E-state index contributed by atoms with van der Waals surface area (Å²) < 4.78 is 0. The Morgan fingerprint density at radius 2 is 1.67 bits per heavy atom. The average molecular weight is 322 g/mol. The standard InChI is InChI=1S/C21H26N2O/c1-17(22-21(24)16-18-10-4-2-5-11-18)19-12-6-7-13-20(19)23-14-8-3-9-15-23/h2,4-7,10-13,17H,3,8-9,14-16H2,1H3,(H,22,24). The van der Waals surface area contributed by atoms with Gasteiger partial charge in [0.1, 0.15) is 0 Å². The van der Waals surface area contributed by atoms with Gasteiger partial charge in [-0.25, -0.2) is 0 Å². The number of hydrogen-bond donors (Lipinski definition) is 1. The number of anilines is 1. The van der Waals surface area contributed by atoms with Crippen LogP contribution < -0.4 is 10.2 Å². The average Bonchev–Trinajstić information content (AvgIpc) is 2.63. The predicted molar refractivity (Wildman–Crippen MR) is 99.2 cm³/mol. The zero-order valence-corrected chi connectivity index (χ0v) is 14.4. The number of nitrogens with zero attached hydrogens (tertiary/aromatic N) is 1. The third kappa shape index (κ3) is 4.16. The minimum Gasteiger partial charge on any atom is -0.371 e. The van der Waals surface area contributed by atoms with E-state index >= 15 is 0 Å². The van der Waals surface area contributed by atoms with Crippen LogP contribution in [0.25, 0.3) is 0 Å². The highest BCUT2D eigenvalue weighted by Gasteiger charge is 2.18. The number of nitrogens with one attached hydrogen (secondary N) is 1. The Hall–Kier alpha value is -2.29. The maximum Gasteiger partial charge on any atom is 0.224 e. The minimum atomic E-state index is 0.0133. The monoisotopic (exact) mass is 322 g/mol. The first-order valence-corrected chi connectivity index (χ1v) is 8.91. The van der Waals surface area contributed by atoms with Gasteiger partial charge in [0, 0.05) is 18.8 Å². The number of piperidine rings is 1. The van der Waals surface area contributed by atoms with Gasteiger partial charge >= 0.3 is 0 Å². The Labute approximate surface area is 144 Å². The Bertz CT molecular complexity index is 663. The first-order chi connectivity index (χ1) is 11.7. The van der Waals surface area contributed by atoms with Gasteiger partial charge in [0.05, 0.1) is 12.5 Å². The van der Waals surface area contributed by atoms with Crippen molar-refractivity contribution in [2.75, 3.05) is 18.0 Å². The number of amides is 1. The predicted octanol–water partition coefficient (Wildman–Crippen LogP) is 4.10. The van der Waals surface area contributed by atoms with Crippen molar-refractivity contribution >= 4 is 11.6 Å². The van der Waals surface area contributed by atoms with Crippen molar-refractivity contribution in [1.82, 2.24) is 5.32 Å². The van der Waals surface area contributed by atoms with E-state index in [4.69, 9.17) is 0 Å². The number of rotatable bonds is 5. The molecule has 0 saturated carbocycles. The van der Waals surface area contributed by atoms with Crippen LogP contribution in [0.4, 0.5) is 5.69 Å². The first-order valence-electron chi connectivity index (χ1n) is 8.91. The molecule has 1 unspecified atom stereocenters. The van der Waals surface area contributed by atoms with Crippen LogP contribution in [0.1, 0.15) is 43.4 Å². The SMILES string of the molecule is CC(NC(=O)Cc1ccccc1)c1ccccc1N1CCCCC1. The molecule has 0 spiro atoms. The molecule has 1 atom stereocenters. The Kier molecular flexibility index (Phi) is 5.52. The Morgan fingerprint density at radius 1 is 1.00 bits per heavy atom. The van der Waals surface area contributed by atoms with Crippen molar-refractivity contribution in [2.24, 2.45) is 0 Å². The molecule has 0 aromatic heterocycles. The molecule has 3 nitrogen and oxygen atoms in total. The smallest absolute Gasteiger partial charge is 0.224 e. The highest BCUT2D eigenvalue weighted by molar-refractivity contribution is 5.79. The van der Waals surface area contributed by atoms with E-state index in [1.165, 1.54) is 30.5 Å². The molecule has 2 aromatic carbocycles. The van der Waals surface area contributed by atoms with Crippen LogP contribution in [0.2, 0.25) is 0 Å². The molecule has 1 fully saturated rings. The van der Waals surface area contributed by atoms with Crippen LogP contribution in [0, 0.1) is 0 Å². The zero-order valence-electron chi connectivity index (χ0n) is 14.4. The van der Waals surface area contributed by atoms with Crippen LogP contribution in [0.3, 0.4) is 0 Å². The van der Waals surface area contributed by atoms with Crippen molar-refractivity contribution in [3.05, 3.63) is 65.7 Å². The van der Waals surface area contributed by atoms with Crippen LogP contribution in [0.15, 0.2) is 54.6 Å². The number of benzene rings is 2. The molecular weight excluding hydrogens is 296 g/mol. The van der Waals surface area contributed by atoms with Crippen molar-refractivity contribution in [3.63, 3.8) is 0 Å². The largest absolute Gasteiger partial charge is 0.371 e. The molecule has 1 N–H and O–H groups in total. The lowest BCUT2D eigenvalue weighted by Gasteiger charge is -2.32. The summed E-state index contributed by atoms with van der Waals surface area (Å²) in [6, 6.07) is 18.4. The molecule has 0 bridgehead atoms. The summed E-state index contributed by atoms with van der Waals surface area (Å²) in [7, 11) is 0. The van der Waals surface area contributed by atoms with Crippen LogP contribution in [-0.2, 0) is 11.2 Å². The molecule has 126 valence electrons. The van der Waals surface area contributed by atoms with E-state index in [1.54, 1.807) is 0 Å². The highest BCUT2D eigenvalue weighted by Crippen LogP contribution is 2.28. The third-order valence-corrected chi connectivity index (χ3v) is 4.69. The molecule has 3 heteroatoms. The second-order valence-electron chi connectivity index (χ2n) is 6.56. The lowest BCUT2D eigenvalue weighted by atomic mass is 10.0. The summed E-state index contributed by atoms with van der Waals surface area (Å²) in [5, 5.41) is 3.16. The number of hydrogen-bond acceptors (Lipinski definition) is 2. The molecule has 1 amide bonds. The summed E-state index contributed by atoms with van der Waals surface area (Å²) in [5.41, 5.74) is 3.53. The van der Waals surface area contributed by atoms with E-state index in [2.05, 4.69) is 41.4 Å². The molecule has 2 aromatic rings. The van der Waals surface area contributed by atoms with E-state index in [9.17, 15) is 4.79 Å². The van der Waals surface area contributed by atoms with E-state index < -0.39 is 0 Å². The van der Waals surface area contributed by atoms with E-state index in [0.717, 1.165) is 18.7 Å². The molecule has 3 rings (SSSR count). The Morgan fingerprint density at radius 3 is 2.42 bits per heavy atom. The van der Waals surface area contributed by atoms with Gasteiger partial charge in [-0.3, -0.25) is 4.79 Å². The van der Waals surface area contributed by atoms with Gasteiger partial charge in [-0.1, -0.05) is 48.5 Å². The van der Waals surface area contributed by atoms with Gasteiger partial charge in [-0.15, -0.1) is 0 Å². The molecular formula is C21H26N2O. The molecule has 0 radical (unpaired) electrons. The summed E-state index contributed by atoms with van der Waals surface area (Å²) in [5.74, 6) is 0.0714. The lowest BCUT2D eigenvalue weighted by Crippen LogP contribution is -2.33. The maximum atomic E-state index is 12.4. The summed E-state index contributed by atoms with van der Waals surface area (Å²) in [4.78, 5) is 14.8. The van der Waals surface area contributed by atoms with Gasteiger partial charge in [0.2, 0.25) is 5.91 Å². The minimum absolute atomic E-state index is 0.0133. The quantitative estimate of drug-likeness (QED) is 0.899. The summed E-state index contributed by atoms with van der Waals surface area (Å²) in [6.45, 7) is 4.30. The fourth-order valence-corrected chi connectivity index (χ4v) is 3.43. The number of carbonyl (C=O) groups is 1. The van der Waals surface area contributed by atoms with Crippen molar-refractivity contribution in [3.8, 4) is 0 Å². The van der Waals surface area contributed by atoms with E-state index in [0.29, 0.717) is 6.42 Å². The van der Waals surface area contributed by atoms with Gasteiger partial charge in [0.25, 0.3) is 0 Å². The molecule has 0 aliphatic carbocycles. The molecule has 1 saturated heterocycles. The summed E-state index contributed by atoms with van der Waals surface area (Å²) in [6.07, 6.45) is 4.26. The van der Waals surface area contributed by atoms with E-state index in [1.807, 2.05) is 30.3 Å². The first kappa shape index (κ1) is 16.6. The maximum absolute atomic E-state index is 12.4. The number of para-hydroxylation sites is 1. The topological polar surface area (TPSA) is 32.3 Å². The molecule has 24 heavy (non-hydrogen) atoms. The van der Waals surface area contributed by atoms with Gasteiger partial charge in [0.15, 0.2) is 0 Å². The van der Waals surface area contributed by atoms with Gasteiger partial charge < -0.3 is 10.2 Å². The fourth-order valence-electron chi connectivity index (χ4n) is 3.43. The van der Waals surface area contributed by atoms with Crippen molar-refractivity contribution in [2.45, 2.75) is 38.6 Å². The summed E-state index contributed by atoms with van der Waals surface area (Å²) >= 11 is 0. The van der Waals surface area contributed by atoms with Crippen LogP contribution in [0.5, 0.6) is 0 Å². The van der Waals surface area contributed by atoms with Crippen molar-refractivity contribution in [1.29, 1.82) is 0 Å². The van der Waals surface area contributed by atoms with Gasteiger partial charge in [-0.05, 0) is 43.4 Å². The third-order valence-electron chi connectivity index (χ3n) is 4.69. The van der Waals surface area contributed by atoms with Crippen LogP contribution >= 0.6 is 0 Å². The number of carbonyl (C=O) groups excluding carboxylic acids is 1. The van der Waals surface area contributed by atoms with Crippen molar-refractivity contribution < 1.29 is 4.79 Å². The van der Waals surface area contributed by atoms with Crippen LogP contribution in [-0.4, -0.2) is 19.0 Å². The molecule has 1 heterocycles. The highest BCUT2D eigenvalue weighted by atomic mass is 16.1. The fraction of sp³-hybridized carbons (Fsp3) is 0.381.